The minimum atomic E-state index is -1.30. The topological polar surface area (TPSA) is 86.6 Å². The van der Waals surface area contributed by atoms with Crippen molar-refractivity contribution in [2.45, 2.75) is 32.3 Å². The first-order valence-electron chi connectivity index (χ1n) is 8.36. The Morgan fingerprint density at radius 2 is 2.04 bits per heavy atom. The zero-order chi connectivity index (χ0) is 19.6. The first-order chi connectivity index (χ1) is 12.9. The number of aromatic nitrogens is 4. The van der Waals surface area contributed by atoms with Crippen molar-refractivity contribution in [3.63, 3.8) is 0 Å². The summed E-state index contributed by atoms with van der Waals surface area (Å²) in [4.78, 5) is 15.8. The van der Waals surface area contributed by atoms with Gasteiger partial charge in [0.1, 0.15) is 11.6 Å². The molecule has 2 aromatic heterocycles. The van der Waals surface area contributed by atoms with Crippen LogP contribution in [-0.2, 0) is 11.2 Å². The summed E-state index contributed by atoms with van der Waals surface area (Å²) >= 11 is 0.936. The predicted octanol–water partition coefficient (Wildman–Crippen LogP) is 2.80. The number of hydrogen-bond acceptors (Lipinski definition) is 5. The molecule has 27 heavy (non-hydrogen) atoms. The van der Waals surface area contributed by atoms with Crippen LogP contribution in [0.1, 0.15) is 29.7 Å². The number of nitrogens with one attached hydrogen (secondary N) is 1. The fraction of sp³-hybridized carbons (Fsp3) is 0.211. The van der Waals surface area contributed by atoms with Gasteiger partial charge in [-0.2, -0.15) is 0 Å². The summed E-state index contributed by atoms with van der Waals surface area (Å²) in [6.07, 6.45) is 2.22. The van der Waals surface area contributed by atoms with Crippen molar-refractivity contribution in [3.8, 4) is 5.69 Å². The first kappa shape index (κ1) is 18.9. The van der Waals surface area contributed by atoms with E-state index in [0.717, 1.165) is 34.4 Å². The lowest BCUT2D eigenvalue weighted by Crippen LogP contribution is -2.23. The van der Waals surface area contributed by atoms with Gasteiger partial charge in [0.15, 0.2) is 0 Å². The Morgan fingerprint density at radius 3 is 2.63 bits per heavy atom. The molecule has 1 aromatic carbocycles. The molecular formula is C19H18FN4O2S-. The highest BCUT2D eigenvalue weighted by atomic mass is 32.2. The quantitative estimate of drug-likeness (QED) is 0.521. The van der Waals surface area contributed by atoms with Crippen LogP contribution in [0.2, 0.25) is 0 Å². The van der Waals surface area contributed by atoms with Crippen molar-refractivity contribution in [2.75, 3.05) is 0 Å². The Morgan fingerprint density at radius 1 is 1.33 bits per heavy atom. The van der Waals surface area contributed by atoms with Crippen LogP contribution in [0.5, 0.6) is 0 Å². The highest BCUT2D eigenvalue weighted by molar-refractivity contribution is 8.04. The molecule has 0 saturated heterocycles. The minimum absolute atomic E-state index is 0.0102. The smallest absolute Gasteiger partial charge is 0.213 e. The van der Waals surface area contributed by atoms with E-state index in [9.17, 15) is 14.3 Å². The van der Waals surface area contributed by atoms with Gasteiger partial charge in [-0.05, 0) is 67.6 Å². The van der Waals surface area contributed by atoms with Crippen LogP contribution in [0.3, 0.4) is 0 Å². The molecule has 0 aliphatic rings. The number of aryl methyl sites for hydroxylation is 2. The number of H-pyrrole nitrogens is 1. The van der Waals surface area contributed by atoms with Gasteiger partial charge in [-0.1, -0.05) is 6.92 Å². The van der Waals surface area contributed by atoms with Crippen molar-refractivity contribution in [1.29, 1.82) is 0 Å². The number of carbonyl (C=O) groups excluding carboxylic acids is 1. The van der Waals surface area contributed by atoms with Gasteiger partial charge in [0.2, 0.25) is 5.16 Å². The van der Waals surface area contributed by atoms with Gasteiger partial charge >= 0.3 is 0 Å². The Labute approximate surface area is 160 Å². The van der Waals surface area contributed by atoms with Gasteiger partial charge in [-0.25, -0.2) is 9.37 Å². The standard InChI is InChI=1S/C19H19FN4O2S/c1-4-17-21-19(23-22-17)27-16(18(25)26)10-13-9-11(2)24(12(13)3)15-7-5-14(20)6-8-15/h5-10H,4H2,1-3H3,(H,25,26)(H,21,22,23)/p-1/b16-10-. The molecule has 0 radical (unpaired) electrons. The zero-order valence-electron chi connectivity index (χ0n) is 15.1. The molecular weight excluding hydrogens is 367 g/mol. The van der Waals surface area contributed by atoms with Gasteiger partial charge in [0.05, 0.1) is 5.97 Å². The summed E-state index contributed by atoms with van der Waals surface area (Å²) in [6, 6.07) is 8.01. The number of nitrogens with zero attached hydrogens (tertiary/aromatic N) is 3. The fourth-order valence-electron chi connectivity index (χ4n) is 2.77. The molecule has 0 atom stereocenters. The number of halogens is 1. The third-order valence-corrected chi connectivity index (χ3v) is 4.96. The summed E-state index contributed by atoms with van der Waals surface area (Å²) in [5.41, 5.74) is 3.27. The van der Waals surface area contributed by atoms with E-state index in [1.807, 2.05) is 31.4 Å². The lowest BCUT2D eigenvalue weighted by atomic mass is 10.2. The van der Waals surface area contributed by atoms with E-state index < -0.39 is 5.97 Å². The lowest BCUT2D eigenvalue weighted by molar-refractivity contribution is -0.297. The number of hydrogen-bond donors (Lipinski definition) is 1. The molecule has 0 aliphatic carbocycles. The SMILES string of the molecule is CCc1nc(S/C(=C\c2cc(C)n(-c3ccc(F)cc3)c2C)C(=O)[O-])n[nH]1. The van der Waals surface area contributed by atoms with Crippen LogP contribution in [-0.4, -0.2) is 25.7 Å². The largest absolute Gasteiger partial charge is 0.544 e. The highest BCUT2D eigenvalue weighted by Crippen LogP contribution is 2.28. The van der Waals surface area contributed by atoms with Crippen LogP contribution in [0.25, 0.3) is 11.8 Å². The second kappa shape index (κ2) is 7.79. The Kier molecular flexibility index (Phi) is 5.46. The van der Waals surface area contributed by atoms with Gasteiger partial charge in [-0.3, -0.25) is 5.10 Å². The average Bonchev–Trinajstić information content (AvgIpc) is 3.20. The molecule has 6 nitrogen and oxygen atoms in total. The van der Waals surface area contributed by atoms with Crippen molar-refractivity contribution < 1.29 is 14.3 Å². The molecule has 0 fully saturated rings. The van der Waals surface area contributed by atoms with Crippen molar-refractivity contribution in [2.24, 2.45) is 0 Å². The summed E-state index contributed by atoms with van der Waals surface area (Å²) in [7, 11) is 0. The van der Waals surface area contributed by atoms with Gasteiger partial charge in [0.25, 0.3) is 0 Å². The molecule has 0 spiro atoms. The molecule has 0 bridgehead atoms. The van der Waals surface area contributed by atoms with Crippen LogP contribution in [0.15, 0.2) is 40.4 Å². The van der Waals surface area contributed by atoms with Gasteiger partial charge in [0, 0.05) is 28.4 Å². The molecule has 8 heteroatoms. The van der Waals surface area contributed by atoms with E-state index in [-0.39, 0.29) is 10.7 Å². The Bertz CT molecular complexity index is 1010. The second-order valence-corrected chi connectivity index (χ2v) is 6.96. The number of carboxylic acids is 1. The van der Waals surface area contributed by atoms with E-state index in [1.165, 1.54) is 12.1 Å². The van der Waals surface area contributed by atoms with Crippen molar-refractivity contribution in [3.05, 3.63) is 63.8 Å². The maximum Gasteiger partial charge on any atom is 0.213 e. The zero-order valence-corrected chi connectivity index (χ0v) is 15.9. The van der Waals surface area contributed by atoms with Crippen LogP contribution >= 0.6 is 11.8 Å². The number of aromatic amines is 1. The molecule has 0 amide bonds. The summed E-state index contributed by atoms with van der Waals surface area (Å²) in [5.74, 6) is -0.922. The molecule has 140 valence electrons. The maximum absolute atomic E-state index is 13.2. The lowest BCUT2D eigenvalue weighted by Gasteiger charge is -2.10. The fourth-order valence-corrected chi connectivity index (χ4v) is 3.49. The first-order valence-corrected chi connectivity index (χ1v) is 9.17. The number of rotatable bonds is 6. The van der Waals surface area contributed by atoms with Crippen molar-refractivity contribution >= 4 is 23.8 Å². The van der Waals surface area contributed by atoms with E-state index in [2.05, 4.69) is 15.2 Å². The molecule has 0 saturated carbocycles. The third kappa shape index (κ3) is 4.11. The van der Waals surface area contributed by atoms with Gasteiger partial charge in [-0.15, -0.1) is 5.10 Å². The number of benzene rings is 1. The molecule has 2 heterocycles. The number of aliphatic carboxylic acids is 1. The van der Waals surface area contributed by atoms with Crippen LogP contribution in [0.4, 0.5) is 4.39 Å². The molecule has 0 aliphatic heterocycles. The molecule has 3 aromatic rings. The summed E-state index contributed by atoms with van der Waals surface area (Å²) < 4.78 is 15.1. The number of carbonyl (C=O) groups is 1. The Hall–Kier alpha value is -2.87. The van der Waals surface area contributed by atoms with Crippen LogP contribution in [0, 0.1) is 19.7 Å². The normalized spacial score (nSPS) is 11.8. The maximum atomic E-state index is 13.2. The molecule has 3 rings (SSSR count). The summed E-state index contributed by atoms with van der Waals surface area (Å²) in [5, 5.41) is 18.7. The van der Waals surface area contributed by atoms with Crippen molar-refractivity contribution in [1.82, 2.24) is 19.7 Å². The van der Waals surface area contributed by atoms with Gasteiger partial charge < -0.3 is 14.5 Å². The van der Waals surface area contributed by atoms with E-state index in [0.29, 0.717) is 17.4 Å². The molecule has 0 unspecified atom stereocenters. The molecule has 1 N–H and O–H groups in total. The minimum Gasteiger partial charge on any atom is -0.544 e. The van der Waals surface area contributed by atoms with E-state index in [4.69, 9.17) is 0 Å². The Balaban J connectivity index is 1.97. The number of carboxylic acid groups (broad SMARTS) is 1. The van der Waals surface area contributed by atoms with E-state index >= 15 is 0 Å². The second-order valence-electron chi connectivity index (χ2n) is 5.95. The highest BCUT2D eigenvalue weighted by Gasteiger charge is 2.13. The number of thioether (sulfide) groups is 1. The average molecular weight is 385 g/mol. The van der Waals surface area contributed by atoms with E-state index in [1.54, 1.807) is 18.2 Å². The summed E-state index contributed by atoms with van der Waals surface area (Å²) in [6.45, 7) is 5.71. The predicted molar refractivity (Wildman–Crippen MR) is 99.8 cm³/mol. The monoisotopic (exact) mass is 385 g/mol. The third-order valence-electron chi connectivity index (χ3n) is 4.09. The van der Waals surface area contributed by atoms with Crippen LogP contribution < -0.4 is 5.11 Å².